The molecule has 0 saturated heterocycles. The van der Waals surface area contributed by atoms with Gasteiger partial charge in [-0.05, 0) is 30.2 Å². The molecule has 7 nitrogen and oxygen atoms in total. The number of phenols is 1. The van der Waals surface area contributed by atoms with E-state index in [-0.39, 0.29) is 17.2 Å². The first kappa shape index (κ1) is 21.2. The molecule has 0 radical (unpaired) electrons. The lowest BCUT2D eigenvalue weighted by atomic mass is 10.0. The molecule has 28 heavy (non-hydrogen) atoms. The van der Waals surface area contributed by atoms with Crippen molar-refractivity contribution in [2.45, 2.75) is 19.9 Å². The van der Waals surface area contributed by atoms with E-state index in [1.54, 1.807) is 56.3 Å². The van der Waals surface area contributed by atoms with Crippen LogP contribution in [0, 0.1) is 5.92 Å². The summed E-state index contributed by atoms with van der Waals surface area (Å²) in [5.41, 5.74) is 3.04. The average Bonchev–Trinajstić information content (AvgIpc) is 2.67. The average molecular weight is 404 g/mol. The van der Waals surface area contributed by atoms with Crippen molar-refractivity contribution in [1.29, 1.82) is 0 Å². The Morgan fingerprint density at radius 2 is 1.89 bits per heavy atom. The maximum atomic E-state index is 12.5. The fourth-order valence-electron chi connectivity index (χ4n) is 2.44. The lowest BCUT2D eigenvalue weighted by molar-refractivity contribution is -0.123. The number of hydrogen-bond donors (Lipinski definition) is 3. The van der Waals surface area contributed by atoms with Crippen molar-refractivity contribution in [3.05, 3.63) is 58.6 Å². The third-order valence-corrected chi connectivity index (χ3v) is 4.31. The molecule has 1 unspecified atom stereocenters. The number of benzene rings is 2. The summed E-state index contributed by atoms with van der Waals surface area (Å²) < 4.78 is 5.02. The van der Waals surface area contributed by atoms with E-state index in [4.69, 9.17) is 16.3 Å². The summed E-state index contributed by atoms with van der Waals surface area (Å²) in [5, 5.41) is 16.9. The second-order valence-corrected chi connectivity index (χ2v) is 6.71. The van der Waals surface area contributed by atoms with Crippen molar-refractivity contribution < 1.29 is 19.4 Å². The van der Waals surface area contributed by atoms with E-state index in [1.165, 1.54) is 13.3 Å². The minimum atomic E-state index is -0.820. The Balaban J connectivity index is 2.07. The van der Waals surface area contributed by atoms with E-state index in [0.717, 1.165) is 0 Å². The third-order valence-electron chi connectivity index (χ3n) is 3.98. The zero-order valence-corrected chi connectivity index (χ0v) is 16.5. The van der Waals surface area contributed by atoms with Crippen LogP contribution in [0.1, 0.15) is 29.8 Å². The maximum Gasteiger partial charge on any atom is 0.262 e. The molecule has 0 bridgehead atoms. The monoisotopic (exact) mass is 403 g/mol. The van der Waals surface area contributed by atoms with Crippen LogP contribution in [0.2, 0.25) is 5.02 Å². The number of nitrogens with one attached hydrogen (secondary N) is 2. The van der Waals surface area contributed by atoms with Crippen LogP contribution < -0.4 is 15.5 Å². The molecule has 0 spiro atoms. The van der Waals surface area contributed by atoms with Gasteiger partial charge in [-0.3, -0.25) is 9.59 Å². The lowest BCUT2D eigenvalue weighted by Gasteiger charge is -2.20. The van der Waals surface area contributed by atoms with Crippen LogP contribution in [-0.4, -0.2) is 36.3 Å². The molecular weight excluding hydrogens is 382 g/mol. The highest BCUT2D eigenvalue weighted by Gasteiger charge is 2.25. The van der Waals surface area contributed by atoms with Gasteiger partial charge < -0.3 is 15.2 Å². The zero-order chi connectivity index (χ0) is 20.7. The number of phenolic OH excluding ortho intramolecular Hbond substituents is 1. The van der Waals surface area contributed by atoms with E-state index in [9.17, 15) is 14.7 Å². The van der Waals surface area contributed by atoms with Crippen LogP contribution in [0.3, 0.4) is 0 Å². The number of rotatable bonds is 7. The molecular formula is C20H22ClN3O4. The lowest BCUT2D eigenvalue weighted by Crippen LogP contribution is -2.48. The summed E-state index contributed by atoms with van der Waals surface area (Å²) in [7, 11) is 1.44. The van der Waals surface area contributed by atoms with Gasteiger partial charge in [-0.1, -0.05) is 43.6 Å². The molecule has 0 aliphatic rings. The SMILES string of the molecule is COc1cccc(/C=N/NC(=O)C(NC(=O)c2ccccc2Cl)C(C)C)c1O. The van der Waals surface area contributed by atoms with E-state index >= 15 is 0 Å². The van der Waals surface area contributed by atoms with Gasteiger partial charge in [0.15, 0.2) is 11.5 Å². The second-order valence-electron chi connectivity index (χ2n) is 6.31. The van der Waals surface area contributed by atoms with Crippen molar-refractivity contribution >= 4 is 29.6 Å². The summed E-state index contributed by atoms with van der Waals surface area (Å²) in [6.07, 6.45) is 1.29. The minimum absolute atomic E-state index is 0.0876. The quantitative estimate of drug-likeness (QED) is 0.488. The van der Waals surface area contributed by atoms with Crippen LogP contribution >= 0.6 is 11.6 Å². The molecule has 0 aromatic heterocycles. The molecule has 2 aromatic carbocycles. The topological polar surface area (TPSA) is 100 Å². The predicted molar refractivity (Wildman–Crippen MR) is 108 cm³/mol. The smallest absolute Gasteiger partial charge is 0.262 e. The summed E-state index contributed by atoms with van der Waals surface area (Å²) in [5.74, 6) is -0.924. The Hall–Kier alpha value is -3.06. The van der Waals surface area contributed by atoms with E-state index in [0.29, 0.717) is 16.3 Å². The summed E-state index contributed by atoms with van der Waals surface area (Å²) in [6, 6.07) is 10.7. The van der Waals surface area contributed by atoms with Gasteiger partial charge in [-0.15, -0.1) is 0 Å². The number of amides is 2. The number of methoxy groups -OCH3 is 1. The number of halogens is 1. The highest BCUT2D eigenvalue weighted by molar-refractivity contribution is 6.33. The van der Waals surface area contributed by atoms with Crippen molar-refractivity contribution in [2.24, 2.45) is 11.0 Å². The van der Waals surface area contributed by atoms with Crippen molar-refractivity contribution in [1.82, 2.24) is 10.7 Å². The minimum Gasteiger partial charge on any atom is -0.504 e. The summed E-state index contributed by atoms with van der Waals surface area (Å²) in [4.78, 5) is 24.9. The first-order valence-electron chi connectivity index (χ1n) is 8.59. The second kappa shape index (κ2) is 9.75. The van der Waals surface area contributed by atoms with Gasteiger partial charge in [0.1, 0.15) is 6.04 Å². The normalized spacial score (nSPS) is 12.0. The van der Waals surface area contributed by atoms with Gasteiger partial charge in [0, 0.05) is 5.56 Å². The number of para-hydroxylation sites is 1. The maximum absolute atomic E-state index is 12.5. The zero-order valence-electron chi connectivity index (χ0n) is 15.8. The Morgan fingerprint density at radius 3 is 2.54 bits per heavy atom. The van der Waals surface area contributed by atoms with Crippen molar-refractivity contribution in [3.63, 3.8) is 0 Å². The largest absolute Gasteiger partial charge is 0.504 e. The molecule has 1 atom stereocenters. The van der Waals surface area contributed by atoms with E-state index in [1.807, 2.05) is 0 Å². The number of aromatic hydroxyl groups is 1. The van der Waals surface area contributed by atoms with Gasteiger partial charge in [-0.25, -0.2) is 5.43 Å². The first-order valence-corrected chi connectivity index (χ1v) is 8.97. The van der Waals surface area contributed by atoms with Crippen LogP contribution in [-0.2, 0) is 4.79 Å². The van der Waals surface area contributed by atoms with Gasteiger partial charge in [-0.2, -0.15) is 5.10 Å². The molecule has 0 aliphatic heterocycles. The van der Waals surface area contributed by atoms with Gasteiger partial charge in [0.2, 0.25) is 0 Å². The Kier molecular flexibility index (Phi) is 7.40. The van der Waals surface area contributed by atoms with Crippen LogP contribution in [0.15, 0.2) is 47.6 Å². The van der Waals surface area contributed by atoms with E-state index in [2.05, 4.69) is 15.8 Å². The number of ether oxygens (including phenoxy) is 1. The third kappa shape index (κ3) is 5.23. The van der Waals surface area contributed by atoms with Crippen molar-refractivity contribution in [2.75, 3.05) is 7.11 Å². The molecule has 0 saturated carbocycles. The molecule has 8 heteroatoms. The fraction of sp³-hybridized carbons (Fsp3) is 0.250. The van der Waals surface area contributed by atoms with Gasteiger partial charge in [0.05, 0.1) is 23.9 Å². The molecule has 2 rings (SSSR count). The molecule has 0 heterocycles. The number of hydrogen-bond acceptors (Lipinski definition) is 5. The summed E-state index contributed by atoms with van der Waals surface area (Å²) >= 11 is 6.03. The number of carbonyl (C=O) groups excluding carboxylic acids is 2. The molecule has 0 fully saturated rings. The number of nitrogens with zero attached hydrogens (tertiary/aromatic N) is 1. The highest BCUT2D eigenvalue weighted by Crippen LogP contribution is 2.27. The molecule has 2 amide bonds. The summed E-state index contributed by atoms with van der Waals surface area (Å²) in [6.45, 7) is 3.60. The van der Waals surface area contributed by atoms with Gasteiger partial charge in [0.25, 0.3) is 11.8 Å². The predicted octanol–water partition coefficient (Wildman–Crippen LogP) is 2.96. The Morgan fingerprint density at radius 1 is 1.18 bits per heavy atom. The van der Waals surface area contributed by atoms with Crippen LogP contribution in [0.4, 0.5) is 0 Å². The molecule has 2 aromatic rings. The molecule has 0 aliphatic carbocycles. The Labute approximate surface area is 168 Å². The van der Waals surface area contributed by atoms with Crippen LogP contribution in [0.25, 0.3) is 0 Å². The standard InChI is InChI=1S/C20H22ClN3O4/c1-12(2)17(23-19(26)14-8-4-5-9-15(14)21)20(27)24-22-11-13-7-6-10-16(28-3)18(13)25/h4-12,17,25H,1-3H3,(H,23,26)(H,24,27)/b22-11+. The highest BCUT2D eigenvalue weighted by atomic mass is 35.5. The molecule has 3 N–H and O–H groups in total. The van der Waals surface area contributed by atoms with Crippen LogP contribution in [0.5, 0.6) is 11.5 Å². The molecule has 148 valence electrons. The van der Waals surface area contributed by atoms with Gasteiger partial charge >= 0.3 is 0 Å². The number of carbonyl (C=O) groups is 2. The number of hydrazone groups is 1. The fourth-order valence-corrected chi connectivity index (χ4v) is 2.66. The van der Waals surface area contributed by atoms with E-state index < -0.39 is 17.9 Å². The van der Waals surface area contributed by atoms with Crippen molar-refractivity contribution in [3.8, 4) is 11.5 Å². The first-order chi connectivity index (χ1) is 13.3. The Bertz CT molecular complexity index is 884.